The second-order valence-electron chi connectivity index (χ2n) is 6.87. The van der Waals surface area contributed by atoms with E-state index in [0.29, 0.717) is 17.2 Å². The fraction of sp³-hybridized carbons (Fsp3) is 0.238. The van der Waals surface area contributed by atoms with Gasteiger partial charge < -0.3 is 4.42 Å². The molecule has 3 aromatic rings. The lowest BCUT2D eigenvalue weighted by Gasteiger charge is -2.04. The molecule has 8 heteroatoms. The number of ketones is 1. The highest BCUT2D eigenvalue weighted by Gasteiger charge is 2.23. The summed E-state index contributed by atoms with van der Waals surface area (Å²) in [6.07, 6.45) is -0.505. The summed E-state index contributed by atoms with van der Waals surface area (Å²) in [5.41, 5.74) is 1.81. The first kappa shape index (κ1) is 20.9. The number of rotatable bonds is 7. The Balaban J connectivity index is 1.71. The number of benzene rings is 2. The zero-order chi connectivity index (χ0) is 21.2. The Morgan fingerprint density at radius 3 is 2.45 bits per heavy atom. The van der Waals surface area contributed by atoms with E-state index in [2.05, 4.69) is 4.98 Å². The van der Waals surface area contributed by atoms with Gasteiger partial charge in [0, 0.05) is 12.0 Å². The Morgan fingerprint density at radius 1 is 1.07 bits per heavy atom. The number of oxazole rings is 1. The van der Waals surface area contributed by atoms with E-state index in [0.717, 1.165) is 23.8 Å². The lowest BCUT2D eigenvalue weighted by molar-refractivity contribution is -0.116. The summed E-state index contributed by atoms with van der Waals surface area (Å²) in [5.74, 6) is -2.82. The smallest absolute Gasteiger partial charge is 0.226 e. The fourth-order valence-corrected chi connectivity index (χ4v) is 4.21. The highest BCUT2D eigenvalue weighted by molar-refractivity contribution is 7.91. The standard InChI is InChI=1S/C21H19F2NO4S/c1-13-3-5-15(6-4-13)21-24-20(14(2)28-21)12-29(26,27)11-18(25)10-16-9-17(22)7-8-19(16)23/h3-9H,10-12H2,1-2H3. The van der Waals surface area contributed by atoms with Crippen molar-refractivity contribution in [2.75, 3.05) is 5.75 Å². The SMILES string of the molecule is Cc1ccc(-c2nc(CS(=O)(=O)CC(=O)Cc3cc(F)ccc3F)c(C)o2)cc1. The van der Waals surface area contributed by atoms with E-state index in [1.54, 1.807) is 6.92 Å². The maximum atomic E-state index is 13.7. The first-order valence-corrected chi connectivity index (χ1v) is 10.6. The minimum absolute atomic E-state index is 0.176. The Hall–Kier alpha value is -2.87. The van der Waals surface area contributed by atoms with Gasteiger partial charge in [-0.1, -0.05) is 17.7 Å². The monoisotopic (exact) mass is 419 g/mol. The van der Waals surface area contributed by atoms with Crippen molar-refractivity contribution in [1.82, 2.24) is 4.98 Å². The maximum Gasteiger partial charge on any atom is 0.226 e. The van der Waals surface area contributed by atoms with Gasteiger partial charge in [-0.05, 0) is 49.7 Å². The van der Waals surface area contributed by atoms with Gasteiger partial charge in [-0.3, -0.25) is 4.79 Å². The van der Waals surface area contributed by atoms with Gasteiger partial charge in [-0.2, -0.15) is 0 Å². The average Bonchev–Trinajstić information content (AvgIpc) is 2.98. The number of nitrogens with zero attached hydrogens (tertiary/aromatic N) is 1. The molecule has 29 heavy (non-hydrogen) atoms. The molecule has 0 aliphatic rings. The third kappa shape index (κ3) is 5.35. The molecule has 0 fully saturated rings. The molecule has 0 atom stereocenters. The molecule has 0 radical (unpaired) electrons. The molecule has 0 spiro atoms. The lowest BCUT2D eigenvalue weighted by Crippen LogP contribution is -2.20. The van der Waals surface area contributed by atoms with Gasteiger partial charge >= 0.3 is 0 Å². The predicted octanol–water partition coefficient (Wildman–Crippen LogP) is 3.96. The molecule has 0 amide bonds. The van der Waals surface area contributed by atoms with Crippen LogP contribution >= 0.6 is 0 Å². The van der Waals surface area contributed by atoms with Crippen molar-refractivity contribution >= 4 is 15.6 Å². The number of carbonyl (C=O) groups is 1. The molecule has 152 valence electrons. The van der Waals surface area contributed by atoms with Crippen LogP contribution in [0.5, 0.6) is 0 Å². The highest BCUT2D eigenvalue weighted by Crippen LogP contribution is 2.23. The highest BCUT2D eigenvalue weighted by atomic mass is 32.2. The number of hydrogen-bond acceptors (Lipinski definition) is 5. The van der Waals surface area contributed by atoms with Gasteiger partial charge in [0.25, 0.3) is 0 Å². The molecule has 3 rings (SSSR count). The largest absolute Gasteiger partial charge is 0.441 e. The van der Waals surface area contributed by atoms with Crippen LogP contribution < -0.4 is 0 Å². The second-order valence-corrected chi connectivity index (χ2v) is 8.94. The number of hydrogen-bond donors (Lipinski definition) is 0. The molecule has 1 aromatic heterocycles. The van der Waals surface area contributed by atoms with Gasteiger partial charge in [-0.15, -0.1) is 0 Å². The molecule has 0 bridgehead atoms. The Morgan fingerprint density at radius 2 is 1.76 bits per heavy atom. The zero-order valence-corrected chi connectivity index (χ0v) is 16.7. The summed E-state index contributed by atoms with van der Waals surface area (Å²) in [6, 6.07) is 10.1. The van der Waals surface area contributed by atoms with Crippen LogP contribution in [0.2, 0.25) is 0 Å². The van der Waals surface area contributed by atoms with E-state index in [-0.39, 0.29) is 11.3 Å². The maximum absolute atomic E-state index is 13.7. The topological polar surface area (TPSA) is 77.2 Å². The van der Waals surface area contributed by atoms with Crippen molar-refractivity contribution in [3.8, 4) is 11.5 Å². The van der Waals surface area contributed by atoms with E-state index >= 15 is 0 Å². The molecule has 1 heterocycles. The van der Waals surface area contributed by atoms with Crippen molar-refractivity contribution in [3.63, 3.8) is 0 Å². The molecule has 0 aliphatic carbocycles. The number of carbonyl (C=O) groups excluding carboxylic acids is 1. The molecule has 0 unspecified atom stereocenters. The summed E-state index contributed by atoms with van der Waals surface area (Å²) in [6.45, 7) is 3.54. The first-order chi connectivity index (χ1) is 13.6. The van der Waals surface area contributed by atoms with Gasteiger partial charge in [0.05, 0.1) is 11.4 Å². The van der Waals surface area contributed by atoms with Crippen LogP contribution in [0.3, 0.4) is 0 Å². The Kier molecular flexibility index (Phi) is 5.93. The fourth-order valence-electron chi connectivity index (χ4n) is 2.83. The van der Waals surface area contributed by atoms with Crippen molar-refractivity contribution < 1.29 is 26.4 Å². The van der Waals surface area contributed by atoms with Gasteiger partial charge in [0.15, 0.2) is 15.6 Å². The van der Waals surface area contributed by atoms with E-state index in [1.807, 2.05) is 31.2 Å². The molecular formula is C21H19F2NO4S. The van der Waals surface area contributed by atoms with E-state index in [1.165, 1.54) is 0 Å². The number of sulfone groups is 1. The number of Topliss-reactive ketones (excluding diaryl/α,β-unsaturated/α-hetero) is 1. The van der Waals surface area contributed by atoms with Crippen molar-refractivity contribution in [1.29, 1.82) is 0 Å². The third-order valence-electron chi connectivity index (χ3n) is 4.32. The van der Waals surface area contributed by atoms with Crippen LogP contribution in [0.1, 0.15) is 22.6 Å². The van der Waals surface area contributed by atoms with Gasteiger partial charge in [0.2, 0.25) is 5.89 Å². The van der Waals surface area contributed by atoms with E-state index in [9.17, 15) is 22.0 Å². The summed E-state index contributed by atoms with van der Waals surface area (Å²) >= 11 is 0. The average molecular weight is 419 g/mol. The molecule has 0 saturated carbocycles. The number of aryl methyl sites for hydroxylation is 2. The molecular weight excluding hydrogens is 400 g/mol. The Labute approximate surface area is 167 Å². The minimum Gasteiger partial charge on any atom is -0.441 e. The molecule has 5 nitrogen and oxygen atoms in total. The zero-order valence-electron chi connectivity index (χ0n) is 15.9. The van der Waals surface area contributed by atoms with Crippen LogP contribution in [-0.2, 0) is 26.8 Å². The molecule has 0 saturated heterocycles. The normalized spacial score (nSPS) is 11.6. The number of halogens is 2. The van der Waals surface area contributed by atoms with Crippen LogP contribution in [0, 0.1) is 25.5 Å². The van der Waals surface area contributed by atoms with Crippen molar-refractivity contribution in [2.24, 2.45) is 0 Å². The predicted molar refractivity (Wildman–Crippen MR) is 104 cm³/mol. The first-order valence-electron chi connectivity index (χ1n) is 8.82. The van der Waals surface area contributed by atoms with Crippen LogP contribution in [-0.4, -0.2) is 24.9 Å². The van der Waals surface area contributed by atoms with Crippen molar-refractivity contribution in [2.45, 2.75) is 26.0 Å². The summed E-state index contributed by atoms with van der Waals surface area (Å²) in [4.78, 5) is 16.4. The quantitative estimate of drug-likeness (QED) is 0.579. The van der Waals surface area contributed by atoms with Crippen molar-refractivity contribution in [3.05, 3.63) is 76.7 Å². The summed E-state index contributed by atoms with van der Waals surface area (Å²) in [5, 5.41) is 0. The molecule has 0 N–H and O–H groups in total. The minimum atomic E-state index is -3.86. The van der Waals surface area contributed by atoms with Crippen LogP contribution in [0.15, 0.2) is 46.9 Å². The molecule has 0 aliphatic heterocycles. The lowest BCUT2D eigenvalue weighted by atomic mass is 10.1. The number of aromatic nitrogens is 1. The van der Waals surface area contributed by atoms with Gasteiger partial charge in [-0.25, -0.2) is 22.2 Å². The van der Waals surface area contributed by atoms with E-state index in [4.69, 9.17) is 4.42 Å². The van der Waals surface area contributed by atoms with E-state index < -0.39 is 45.2 Å². The third-order valence-corrected chi connectivity index (χ3v) is 5.80. The second kappa shape index (κ2) is 8.24. The van der Waals surface area contributed by atoms with Crippen LogP contribution in [0.4, 0.5) is 8.78 Å². The van der Waals surface area contributed by atoms with Crippen LogP contribution in [0.25, 0.3) is 11.5 Å². The summed E-state index contributed by atoms with van der Waals surface area (Å²) in [7, 11) is -3.86. The Bertz CT molecular complexity index is 1150. The summed E-state index contributed by atoms with van der Waals surface area (Å²) < 4.78 is 57.3. The van der Waals surface area contributed by atoms with Gasteiger partial charge in [0.1, 0.15) is 23.1 Å². The molecule has 2 aromatic carbocycles.